The predicted octanol–water partition coefficient (Wildman–Crippen LogP) is 2.67. The molecular weight excluding hydrogens is 174 g/mol. The van der Waals surface area contributed by atoms with Crippen molar-refractivity contribution >= 4 is 12.4 Å². The molecule has 1 N–H and O–H groups in total. The number of rotatable bonds is 3. The van der Waals surface area contributed by atoms with Gasteiger partial charge in [0.05, 0.1) is 0 Å². The van der Waals surface area contributed by atoms with E-state index in [4.69, 9.17) is 0 Å². The fraction of sp³-hybridized carbons (Fsp3) is 0.364. The molecule has 0 aliphatic heterocycles. The molecule has 0 saturated carbocycles. The Morgan fingerprint density at radius 1 is 1.50 bits per heavy atom. The lowest BCUT2D eigenvalue weighted by molar-refractivity contribution is 0.943. The van der Waals surface area contributed by atoms with E-state index in [1.54, 1.807) is 13.4 Å². The average molecular weight is 193 g/mol. The van der Waals surface area contributed by atoms with Crippen LogP contribution >= 0.6 is 0 Å². The van der Waals surface area contributed by atoms with Crippen molar-refractivity contribution in [3.05, 3.63) is 30.1 Å². The van der Waals surface area contributed by atoms with E-state index in [0.29, 0.717) is 0 Å². The van der Waals surface area contributed by atoms with E-state index in [1.807, 2.05) is 43.8 Å². The minimum atomic E-state index is 1.10. The molecule has 1 aromatic rings. The molecule has 0 atom stereocenters. The lowest BCUT2D eigenvalue weighted by Gasteiger charge is -2.02. The van der Waals surface area contributed by atoms with Gasteiger partial charge in [0.25, 0.3) is 0 Å². The Morgan fingerprint density at radius 2 is 2.14 bits per heavy atom. The SMILES string of the molecule is C=Cc1cc(C)n(NC=NC)c1.CC. The van der Waals surface area contributed by atoms with Gasteiger partial charge in [-0.3, -0.25) is 15.1 Å². The minimum absolute atomic E-state index is 1.10. The zero-order chi connectivity index (χ0) is 11.0. The summed E-state index contributed by atoms with van der Waals surface area (Å²) in [7, 11) is 1.72. The van der Waals surface area contributed by atoms with Crippen LogP contribution in [0, 0.1) is 6.92 Å². The maximum absolute atomic E-state index is 3.82. The second kappa shape index (κ2) is 6.95. The molecule has 0 spiro atoms. The van der Waals surface area contributed by atoms with Gasteiger partial charge in [0.15, 0.2) is 0 Å². The summed E-state index contributed by atoms with van der Waals surface area (Å²) in [5.74, 6) is 0. The molecule has 1 aromatic heterocycles. The van der Waals surface area contributed by atoms with Crippen LogP contribution in [-0.2, 0) is 0 Å². The standard InChI is InChI=1S/C9H13N3.C2H6/c1-4-9-5-8(2)12(6-9)11-7-10-3;1-2/h4-7H,1H2,2-3H3,(H,10,11);1-2H3. The zero-order valence-corrected chi connectivity index (χ0v) is 9.41. The monoisotopic (exact) mass is 193 g/mol. The van der Waals surface area contributed by atoms with Crippen LogP contribution in [-0.4, -0.2) is 18.1 Å². The van der Waals surface area contributed by atoms with Crippen molar-refractivity contribution in [3.63, 3.8) is 0 Å². The number of hydrogen-bond acceptors (Lipinski definition) is 1. The van der Waals surface area contributed by atoms with Crippen molar-refractivity contribution in [3.8, 4) is 0 Å². The first kappa shape index (κ1) is 12.5. The summed E-state index contributed by atoms with van der Waals surface area (Å²) >= 11 is 0. The van der Waals surface area contributed by atoms with Gasteiger partial charge in [0, 0.05) is 18.9 Å². The molecule has 0 bridgehead atoms. The van der Waals surface area contributed by atoms with Gasteiger partial charge >= 0.3 is 0 Å². The molecule has 0 aromatic carbocycles. The molecule has 1 heterocycles. The fourth-order valence-electron chi connectivity index (χ4n) is 0.970. The van der Waals surface area contributed by atoms with Crippen LogP contribution in [0.1, 0.15) is 25.1 Å². The molecule has 0 aliphatic rings. The van der Waals surface area contributed by atoms with E-state index in [2.05, 4.69) is 17.0 Å². The van der Waals surface area contributed by atoms with Crippen LogP contribution in [0.25, 0.3) is 6.08 Å². The number of nitrogens with one attached hydrogen (secondary N) is 1. The van der Waals surface area contributed by atoms with Crippen LogP contribution in [0.5, 0.6) is 0 Å². The Kier molecular flexibility index (Phi) is 6.20. The number of aryl methyl sites for hydroxylation is 1. The first-order chi connectivity index (χ1) is 6.77. The highest BCUT2D eigenvalue weighted by Crippen LogP contribution is 2.06. The van der Waals surface area contributed by atoms with Crippen LogP contribution in [0.4, 0.5) is 0 Å². The molecule has 3 heteroatoms. The third kappa shape index (κ3) is 3.47. The first-order valence-corrected chi connectivity index (χ1v) is 4.76. The number of aliphatic imine (C=N–C) groups is 1. The highest BCUT2D eigenvalue weighted by Gasteiger charge is 1.95. The number of aromatic nitrogens is 1. The molecule has 0 radical (unpaired) electrons. The predicted molar refractivity (Wildman–Crippen MR) is 64.4 cm³/mol. The molecule has 0 amide bonds. The maximum atomic E-state index is 3.82. The summed E-state index contributed by atoms with van der Waals surface area (Å²) in [6.07, 6.45) is 5.41. The van der Waals surface area contributed by atoms with Crippen LogP contribution in [0.3, 0.4) is 0 Å². The molecule has 0 saturated heterocycles. The number of nitrogens with zero attached hydrogens (tertiary/aromatic N) is 2. The van der Waals surface area contributed by atoms with E-state index in [1.165, 1.54) is 0 Å². The number of hydrogen-bond donors (Lipinski definition) is 1. The summed E-state index contributed by atoms with van der Waals surface area (Å²) in [6.45, 7) is 9.71. The van der Waals surface area contributed by atoms with Crippen LogP contribution in [0.15, 0.2) is 23.8 Å². The van der Waals surface area contributed by atoms with Gasteiger partial charge in [-0.15, -0.1) is 0 Å². The van der Waals surface area contributed by atoms with Crippen molar-refractivity contribution in [2.45, 2.75) is 20.8 Å². The van der Waals surface area contributed by atoms with Gasteiger partial charge in [0.1, 0.15) is 6.34 Å². The summed E-state index contributed by atoms with van der Waals surface area (Å²) in [5, 5.41) is 0. The Balaban J connectivity index is 0.000000791. The second-order valence-corrected chi connectivity index (χ2v) is 2.51. The summed E-state index contributed by atoms with van der Waals surface area (Å²) in [6, 6.07) is 2.05. The normalized spacial score (nSPS) is 9.43. The van der Waals surface area contributed by atoms with E-state index < -0.39 is 0 Å². The molecule has 0 aliphatic carbocycles. The van der Waals surface area contributed by atoms with Crippen LogP contribution in [0.2, 0.25) is 0 Å². The smallest absolute Gasteiger partial charge is 0.101 e. The first-order valence-electron chi connectivity index (χ1n) is 4.76. The van der Waals surface area contributed by atoms with Gasteiger partial charge in [-0.05, 0) is 18.6 Å². The lowest BCUT2D eigenvalue weighted by Crippen LogP contribution is -2.12. The molecule has 3 nitrogen and oxygen atoms in total. The van der Waals surface area contributed by atoms with Gasteiger partial charge in [-0.1, -0.05) is 26.5 Å². The van der Waals surface area contributed by atoms with Crippen molar-refractivity contribution in [2.24, 2.45) is 4.99 Å². The summed E-state index contributed by atoms with van der Waals surface area (Å²) in [4.78, 5) is 3.82. The van der Waals surface area contributed by atoms with Crippen molar-refractivity contribution < 1.29 is 0 Å². The third-order valence-corrected chi connectivity index (χ3v) is 1.60. The Bertz CT molecular complexity index is 297. The topological polar surface area (TPSA) is 29.3 Å². The largest absolute Gasteiger partial charge is 0.284 e. The highest BCUT2D eigenvalue weighted by atomic mass is 15.4. The zero-order valence-electron chi connectivity index (χ0n) is 9.41. The Morgan fingerprint density at radius 3 is 2.57 bits per heavy atom. The van der Waals surface area contributed by atoms with E-state index in [-0.39, 0.29) is 0 Å². The second-order valence-electron chi connectivity index (χ2n) is 2.51. The molecule has 0 fully saturated rings. The van der Waals surface area contributed by atoms with Crippen molar-refractivity contribution in [1.82, 2.24) is 4.68 Å². The quantitative estimate of drug-likeness (QED) is 0.580. The molecule has 14 heavy (non-hydrogen) atoms. The fourth-order valence-corrected chi connectivity index (χ4v) is 0.970. The maximum Gasteiger partial charge on any atom is 0.101 e. The summed E-state index contributed by atoms with van der Waals surface area (Å²) in [5.41, 5.74) is 5.23. The summed E-state index contributed by atoms with van der Waals surface area (Å²) < 4.78 is 1.89. The molecule has 78 valence electrons. The minimum Gasteiger partial charge on any atom is -0.284 e. The van der Waals surface area contributed by atoms with Crippen LogP contribution < -0.4 is 5.43 Å². The van der Waals surface area contributed by atoms with E-state index in [9.17, 15) is 0 Å². The molecule has 1 rings (SSSR count). The Labute approximate surface area is 86.1 Å². The van der Waals surface area contributed by atoms with Gasteiger partial charge in [-0.2, -0.15) is 0 Å². The van der Waals surface area contributed by atoms with Crippen molar-refractivity contribution in [2.75, 3.05) is 12.5 Å². The molecule has 0 unspecified atom stereocenters. The van der Waals surface area contributed by atoms with Gasteiger partial charge in [-0.25, -0.2) is 0 Å². The van der Waals surface area contributed by atoms with Crippen molar-refractivity contribution in [1.29, 1.82) is 0 Å². The Hall–Kier alpha value is -1.51. The van der Waals surface area contributed by atoms with Gasteiger partial charge < -0.3 is 0 Å². The van der Waals surface area contributed by atoms with E-state index in [0.717, 1.165) is 11.3 Å². The highest BCUT2D eigenvalue weighted by molar-refractivity contribution is 5.64. The third-order valence-electron chi connectivity index (χ3n) is 1.60. The average Bonchev–Trinajstić information content (AvgIpc) is 2.59. The lowest BCUT2D eigenvalue weighted by atomic mass is 10.3. The van der Waals surface area contributed by atoms with Gasteiger partial charge in [0.2, 0.25) is 0 Å². The van der Waals surface area contributed by atoms with E-state index >= 15 is 0 Å². The molecular formula is C11H19N3.